The number of amides is 1. The van der Waals surface area contributed by atoms with Crippen molar-refractivity contribution in [2.24, 2.45) is 0 Å². The minimum absolute atomic E-state index is 0.0486. The molecule has 0 saturated heterocycles. The van der Waals surface area contributed by atoms with Crippen LogP contribution in [-0.2, 0) is 4.74 Å². The van der Waals surface area contributed by atoms with Gasteiger partial charge in [0, 0.05) is 48.1 Å². The highest BCUT2D eigenvalue weighted by molar-refractivity contribution is 5.93. The van der Waals surface area contributed by atoms with Gasteiger partial charge in [0.05, 0.1) is 24.4 Å². The first kappa shape index (κ1) is 24.1. The van der Waals surface area contributed by atoms with Crippen LogP contribution in [0.3, 0.4) is 0 Å². The Hall–Kier alpha value is -3.04. The molecule has 34 heavy (non-hydrogen) atoms. The Morgan fingerprint density at radius 1 is 1.18 bits per heavy atom. The molecule has 1 amide bonds. The second kappa shape index (κ2) is 10.5. The fourth-order valence-corrected chi connectivity index (χ4v) is 4.51. The van der Waals surface area contributed by atoms with E-state index in [1.54, 1.807) is 19.4 Å². The lowest BCUT2D eigenvalue weighted by Crippen LogP contribution is -2.30. The molecule has 182 valence electrons. The third-order valence-corrected chi connectivity index (χ3v) is 6.18. The fourth-order valence-electron chi connectivity index (χ4n) is 4.51. The van der Waals surface area contributed by atoms with E-state index < -0.39 is 0 Å². The van der Waals surface area contributed by atoms with Gasteiger partial charge in [0.25, 0.3) is 5.91 Å². The average molecular weight is 467 g/mol. The van der Waals surface area contributed by atoms with E-state index in [-0.39, 0.29) is 24.1 Å². The van der Waals surface area contributed by atoms with Gasteiger partial charge in [-0.25, -0.2) is 9.50 Å². The van der Waals surface area contributed by atoms with Crippen LogP contribution in [0.1, 0.15) is 68.6 Å². The number of aliphatic hydroxyl groups excluding tert-OH is 1. The van der Waals surface area contributed by atoms with E-state index in [4.69, 9.17) is 9.84 Å². The van der Waals surface area contributed by atoms with Crippen molar-refractivity contribution in [2.75, 3.05) is 19.0 Å². The van der Waals surface area contributed by atoms with Crippen LogP contribution in [0.25, 0.3) is 16.6 Å². The number of methoxy groups -OCH3 is 1. The predicted molar refractivity (Wildman–Crippen MR) is 131 cm³/mol. The van der Waals surface area contributed by atoms with E-state index in [1.807, 2.05) is 37.5 Å². The molecule has 9 nitrogen and oxygen atoms in total. The Morgan fingerprint density at radius 3 is 2.59 bits per heavy atom. The van der Waals surface area contributed by atoms with Gasteiger partial charge < -0.3 is 20.5 Å². The molecule has 1 fully saturated rings. The van der Waals surface area contributed by atoms with Crippen LogP contribution < -0.4 is 10.6 Å². The van der Waals surface area contributed by atoms with Crippen molar-refractivity contribution in [1.29, 1.82) is 0 Å². The number of carbonyl (C=O) groups is 1. The van der Waals surface area contributed by atoms with Gasteiger partial charge in [-0.05, 0) is 58.6 Å². The monoisotopic (exact) mass is 466 g/mol. The van der Waals surface area contributed by atoms with E-state index in [2.05, 4.69) is 26.7 Å². The summed E-state index contributed by atoms with van der Waals surface area (Å²) in [7, 11) is 1.67. The molecule has 3 aromatic rings. The molecule has 0 bridgehead atoms. The molecular formula is C25H34N6O3. The Labute approximate surface area is 200 Å². The highest BCUT2D eigenvalue weighted by atomic mass is 16.5. The topological polar surface area (TPSA) is 114 Å². The Balaban J connectivity index is 1.71. The first-order valence-electron chi connectivity index (χ1n) is 11.9. The summed E-state index contributed by atoms with van der Waals surface area (Å²) < 4.78 is 7.18. The summed E-state index contributed by atoms with van der Waals surface area (Å²) in [5, 5.41) is 21.0. The number of hydrogen-bond acceptors (Lipinski definition) is 7. The molecule has 1 aliphatic carbocycles. The number of carbonyl (C=O) groups excluding carboxylic acids is 1. The van der Waals surface area contributed by atoms with Gasteiger partial charge in [0.1, 0.15) is 5.69 Å². The largest absolute Gasteiger partial charge is 0.393 e. The molecule has 1 atom stereocenters. The minimum atomic E-state index is -0.225. The SMILES string of the molecule is COC[C@H](C)Nc1ncc2c(-c3ccc(C(=O)NC(C)C)nc3)cc([C@H]3CC[C@H](O)CC3)n2n1. The summed E-state index contributed by atoms with van der Waals surface area (Å²) in [6.07, 6.45) is 6.72. The van der Waals surface area contributed by atoms with Crippen molar-refractivity contribution >= 4 is 17.4 Å². The molecule has 0 unspecified atom stereocenters. The van der Waals surface area contributed by atoms with Crippen LogP contribution in [0, 0.1) is 0 Å². The van der Waals surface area contributed by atoms with Gasteiger partial charge in [-0.3, -0.25) is 9.78 Å². The maximum absolute atomic E-state index is 12.3. The average Bonchev–Trinajstić information content (AvgIpc) is 3.18. The molecule has 0 aromatic carbocycles. The molecule has 0 radical (unpaired) electrons. The Bertz CT molecular complexity index is 1120. The summed E-state index contributed by atoms with van der Waals surface area (Å²) in [5.74, 6) is 0.650. The van der Waals surface area contributed by atoms with Crippen LogP contribution in [0.5, 0.6) is 0 Å². The van der Waals surface area contributed by atoms with E-state index in [1.165, 1.54) is 0 Å². The van der Waals surface area contributed by atoms with Crippen molar-refractivity contribution < 1.29 is 14.6 Å². The highest BCUT2D eigenvalue weighted by Gasteiger charge is 2.26. The summed E-state index contributed by atoms with van der Waals surface area (Å²) in [6, 6.07) is 5.93. The number of ether oxygens (including phenoxy) is 1. The number of nitrogens with one attached hydrogen (secondary N) is 2. The Morgan fingerprint density at radius 2 is 1.94 bits per heavy atom. The number of fused-ring (bicyclic) bond motifs is 1. The first-order chi connectivity index (χ1) is 16.4. The van der Waals surface area contributed by atoms with Crippen molar-refractivity contribution in [3.63, 3.8) is 0 Å². The third-order valence-electron chi connectivity index (χ3n) is 6.18. The van der Waals surface area contributed by atoms with Crippen LogP contribution in [-0.4, -0.2) is 62.5 Å². The quantitative estimate of drug-likeness (QED) is 0.466. The number of hydrogen-bond donors (Lipinski definition) is 3. The van der Waals surface area contributed by atoms with E-state index >= 15 is 0 Å². The fraction of sp³-hybridized carbons (Fsp3) is 0.520. The highest BCUT2D eigenvalue weighted by Crippen LogP contribution is 2.37. The first-order valence-corrected chi connectivity index (χ1v) is 11.9. The lowest BCUT2D eigenvalue weighted by molar-refractivity contribution is 0.0938. The summed E-state index contributed by atoms with van der Waals surface area (Å²) in [5.41, 5.74) is 4.24. The molecule has 1 saturated carbocycles. The van der Waals surface area contributed by atoms with Gasteiger partial charge >= 0.3 is 0 Å². The number of nitrogens with zero attached hydrogens (tertiary/aromatic N) is 4. The zero-order chi connectivity index (χ0) is 24.2. The maximum Gasteiger partial charge on any atom is 0.270 e. The van der Waals surface area contributed by atoms with Gasteiger partial charge in [-0.1, -0.05) is 6.07 Å². The predicted octanol–water partition coefficient (Wildman–Crippen LogP) is 3.39. The van der Waals surface area contributed by atoms with Crippen LogP contribution in [0.4, 0.5) is 5.95 Å². The van der Waals surface area contributed by atoms with Crippen LogP contribution in [0.2, 0.25) is 0 Å². The number of rotatable bonds is 8. The van der Waals surface area contributed by atoms with Crippen molar-refractivity contribution in [2.45, 2.75) is 70.6 Å². The van der Waals surface area contributed by atoms with E-state index in [0.29, 0.717) is 24.2 Å². The molecule has 3 heterocycles. The van der Waals surface area contributed by atoms with Gasteiger partial charge in [0.15, 0.2) is 0 Å². The second-order valence-electron chi connectivity index (χ2n) is 9.43. The van der Waals surface area contributed by atoms with Crippen LogP contribution >= 0.6 is 0 Å². The van der Waals surface area contributed by atoms with Crippen molar-refractivity contribution in [3.8, 4) is 11.1 Å². The molecule has 9 heteroatoms. The number of aliphatic hydroxyl groups is 1. The summed E-state index contributed by atoms with van der Waals surface area (Å²) in [4.78, 5) is 21.2. The zero-order valence-corrected chi connectivity index (χ0v) is 20.3. The standard InChI is InChI=1S/C25H34N6O3/c1-15(2)28-24(33)21-10-7-18(12-26-21)20-11-22(17-5-8-19(32)9-6-17)31-23(20)13-27-25(30-31)29-16(3)14-34-4/h7,10-13,15-17,19,32H,5-6,8-9,14H2,1-4H3,(H,28,33)(H,29,30)/t16-,17-,19-/m0/s1. The van der Waals surface area contributed by atoms with E-state index in [0.717, 1.165) is 48.0 Å². The van der Waals surface area contributed by atoms with E-state index in [9.17, 15) is 9.90 Å². The molecule has 3 aromatic heterocycles. The van der Waals surface area contributed by atoms with Gasteiger partial charge in [-0.2, -0.15) is 0 Å². The number of anilines is 1. The lowest BCUT2D eigenvalue weighted by atomic mass is 9.85. The van der Waals surface area contributed by atoms with Crippen LogP contribution in [0.15, 0.2) is 30.6 Å². The minimum Gasteiger partial charge on any atom is -0.393 e. The lowest BCUT2D eigenvalue weighted by Gasteiger charge is -2.25. The van der Waals surface area contributed by atoms with Crippen molar-refractivity contribution in [1.82, 2.24) is 24.9 Å². The second-order valence-corrected chi connectivity index (χ2v) is 9.43. The molecule has 4 rings (SSSR count). The zero-order valence-electron chi connectivity index (χ0n) is 20.3. The molecule has 0 spiro atoms. The molecule has 1 aliphatic rings. The number of pyridine rings is 1. The molecular weight excluding hydrogens is 432 g/mol. The molecule has 3 N–H and O–H groups in total. The number of aromatic nitrogens is 4. The normalized spacial score (nSPS) is 19.4. The van der Waals surface area contributed by atoms with Gasteiger partial charge in [0.2, 0.25) is 5.95 Å². The maximum atomic E-state index is 12.3. The van der Waals surface area contributed by atoms with Crippen molar-refractivity contribution in [3.05, 3.63) is 42.0 Å². The molecule has 0 aliphatic heterocycles. The summed E-state index contributed by atoms with van der Waals surface area (Å²) >= 11 is 0. The third kappa shape index (κ3) is 5.37. The Kier molecular flexibility index (Phi) is 7.43. The summed E-state index contributed by atoms with van der Waals surface area (Å²) in [6.45, 7) is 6.41. The smallest absolute Gasteiger partial charge is 0.270 e. The van der Waals surface area contributed by atoms with Gasteiger partial charge in [-0.15, -0.1) is 5.10 Å².